The number of nitrogens with zero attached hydrogens (tertiary/aromatic N) is 4. The Kier molecular flexibility index (Phi) is 6.81. The van der Waals surface area contributed by atoms with Gasteiger partial charge in [0.15, 0.2) is 0 Å². The van der Waals surface area contributed by atoms with Gasteiger partial charge in [-0.15, -0.1) is 0 Å². The molecule has 158 valence electrons. The van der Waals surface area contributed by atoms with Gasteiger partial charge in [-0.05, 0) is 68.8 Å². The second-order valence-corrected chi connectivity index (χ2v) is 8.58. The monoisotopic (exact) mass is 405 g/mol. The fraction of sp³-hybridized carbons (Fsp3) is 0.542. The van der Waals surface area contributed by atoms with E-state index in [0.29, 0.717) is 0 Å². The Morgan fingerprint density at radius 3 is 2.67 bits per heavy atom. The van der Waals surface area contributed by atoms with Crippen molar-refractivity contribution in [3.05, 3.63) is 36.5 Å². The molecule has 1 amide bonds. The Hall–Kier alpha value is -2.65. The van der Waals surface area contributed by atoms with Crippen molar-refractivity contribution in [2.24, 2.45) is 5.92 Å². The van der Waals surface area contributed by atoms with E-state index in [-0.39, 0.29) is 18.4 Å². The second-order valence-electron chi connectivity index (χ2n) is 8.58. The second kappa shape index (κ2) is 9.90. The van der Waals surface area contributed by atoms with E-state index in [4.69, 9.17) is 5.26 Å². The smallest absolute Gasteiger partial charge is 0.234 e. The van der Waals surface area contributed by atoms with Crippen molar-refractivity contribution in [2.75, 3.05) is 37.6 Å². The van der Waals surface area contributed by atoms with Crippen LogP contribution < -0.4 is 10.2 Å². The average Bonchev–Trinajstić information content (AvgIpc) is 2.79. The highest BCUT2D eigenvalue weighted by Crippen LogP contribution is 2.29. The van der Waals surface area contributed by atoms with E-state index in [2.05, 4.69) is 44.4 Å². The van der Waals surface area contributed by atoms with Gasteiger partial charge < -0.3 is 10.2 Å². The molecule has 2 heterocycles. The van der Waals surface area contributed by atoms with Crippen LogP contribution in [0, 0.1) is 17.2 Å². The molecule has 1 N–H and O–H groups in total. The van der Waals surface area contributed by atoms with Gasteiger partial charge in [0, 0.05) is 49.5 Å². The molecular weight excluding hydrogens is 374 g/mol. The Morgan fingerprint density at radius 2 is 1.90 bits per heavy atom. The van der Waals surface area contributed by atoms with E-state index in [0.717, 1.165) is 50.5 Å². The molecule has 6 heteroatoms. The molecule has 30 heavy (non-hydrogen) atoms. The van der Waals surface area contributed by atoms with Crippen LogP contribution in [0.25, 0.3) is 10.9 Å². The largest absolute Gasteiger partial charge is 0.368 e. The lowest BCUT2D eigenvalue weighted by Gasteiger charge is -2.37. The number of benzene rings is 1. The minimum Gasteiger partial charge on any atom is -0.368 e. The minimum absolute atomic E-state index is 0.0266. The van der Waals surface area contributed by atoms with Gasteiger partial charge in [0.2, 0.25) is 5.91 Å². The van der Waals surface area contributed by atoms with Crippen molar-refractivity contribution in [2.45, 2.75) is 44.6 Å². The summed E-state index contributed by atoms with van der Waals surface area (Å²) in [5.41, 5.74) is 2.37. The molecule has 0 radical (unpaired) electrons. The van der Waals surface area contributed by atoms with Crippen LogP contribution >= 0.6 is 0 Å². The van der Waals surface area contributed by atoms with Gasteiger partial charge in [0.25, 0.3) is 0 Å². The number of piperazine rings is 1. The molecule has 0 atom stereocenters. The third-order valence-electron chi connectivity index (χ3n) is 6.64. The molecule has 2 fully saturated rings. The van der Waals surface area contributed by atoms with Crippen LogP contribution in [-0.4, -0.2) is 54.6 Å². The highest BCUT2D eigenvalue weighted by atomic mass is 16.1. The summed E-state index contributed by atoms with van der Waals surface area (Å²) in [5.74, 6) is 0.636. The van der Waals surface area contributed by atoms with Crippen LogP contribution in [0.1, 0.15) is 38.5 Å². The van der Waals surface area contributed by atoms with Crippen LogP contribution in [0.3, 0.4) is 0 Å². The summed E-state index contributed by atoms with van der Waals surface area (Å²) in [5, 5.41) is 12.8. The van der Waals surface area contributed by atoms with Gasteiger partial charge in [-0.1, -0.05) is 6.07 Å². The number of carbonyl (C=O) groups is 1. The summed E-state index contributed by atoms with van der Waals surface area (Å²) >= 11 is 0. The Labute approximate surface area is 178 Å². The number of amides is 1. The van der Waals surface area contributed by atoms with Gasteiger partial charge >= 0.3 is 0 Å². The van der Waals surface area contributed by atoms with Crippen LogP contribution in [0.15, 0.2) is 36.5 Å². The first-order valence-electron chi connectivity index (χ1n) is 11.2. The number of fused-ring (bicyclic) bond motifs is 1. The molecule has 1 saturated heterocycles. The Morgan fingerprint density at radius 1 is 1.10 bits per heavy atom. The zero-order valence-electron chi connectivity index (χ0n) is 17.6. The molecule has 4 rings (SSSR count). The van der Waals surface area contributed by atoms with Crippen molar-refractivity contribution >= 4 is 22.5 Å². The maximum Gasteiger partial charge on any atom is 0.234 e. The van der Waals surface area contributed by atoms with Crippen molar-refractivity contribution in [1.29, 1.82) is 5.26 Å². The fourth-order valence-corrected chi connectivity index (χ4v) is 4.89. The van der Waals surface area contributed by atoms with Crippen molar-refractivity contribution < 1.29 is 4.79 Å². The lowest BCUT2D eigenvalue weighted by atomic mass is 9.84. The molecular formula is C24H31N5O. The Balaban J connectivity index is 1.20. The van der Waals surface area contributed by atoms with Crippen LogP contribution in [0.2, 0.25) is 0 Å². The number of carbonyl (C=O) groups excluding carboxylic acids is 1. The van der Waals surface area contributed by atoms with Gasteiger partial charge in [-0.25, -0.2) is 0 Å². The predicted octanol–water partition coefficient (Wildman–Crippen LogP) is 3.34. The summed E-state index contributed by atoms with van der Waals surface area (Å²) in [6.45, 7) is 5.50. The number of aromatic nitrogens is 1. The zero-order chi connectivity index (χ0) is 20.8. The van der Waals surface area contributed by atoms with Gasteiger partial charge in [-0.3, -0.25) is 14.7 Å². The van der Waals surface area contributed by atoms with Crippen molar-refractivity contribution in [3.8, 4) is 6.07 Å². The van der Waals surface area contributed by atoms with Crippen LogP contribution in [0.4, 0.5) is 5.69 Å². The van der Waals surface area contributed by atoms with E-state index in [9.17, 15) is 4.79 Å². The number of rotatable bonds is 6. The first kappa shape index (κ1) is 20.6. The van der Waals surface area contributed by atoms with Gasteiger partial charge in [0.05, 0.1) is 11.6 Å². The lowest BCUT2D eigenvalue weighted by molar-refractivity contribution is -0.121. The molecule has 0 spiro atoms. The number of anilines is 1. The molecule has 1 aromatic heterocycles. The number of nitrogens with one attached hydrogen (secondary N) is 1. The number of nitriles is 1. The quantitative estimate of drug-likeness (QED) is 0.798. The molecule has 6 nitrogen and oxygen atoms in total. The van der Waals surface area contributed by atoms with E-state index < -0.39 is 0 Å². The number of pyridine rings is 1. The van der Waals surface area contributed by atoms with Gasteiger partial charge in [0.1, 0.15) is 6.42 Å². The third-order valence-corrected chi connectivity index (χ3v) is 6.64. The normalized spacial score (nSPS) is 22.6. The number of hydrogen-bond donors (Lipinski definition) is 1. The summed E-state index contributed by atoms with van der Waals surface area (Å²) < 4.78 is 0. The van der Waals surface area contributed by atoms with E-state index >= 15 is 0 Å². The zero-order valence-corrected chi connectivity index (χ0v) is 17.6. The topological polar surface area (TPSA) is 72.3 Å². The third kappa shape index (κ3) is 5.09. The van der Waals surface area contributed by atoms with Crippen molar-refractivity contribution in [3.63, 3.8) is 0 Å². The first-order chi connectivity index (χ1) is 14.7. The summed E-state index contributed by atoms with van der Waals surface area (Å²) in [6, 6.07) is 12.8. The summed E-state index contributed by atoms with van der Waals surface area (Å²) in [4.78, 5) is 21.2. The molecule has 2 aromatic rings. The first-order valence-corrected chi connectivity index (χ1v) is 11.2. The molecule has 0 unspecified atom stereocenters. The minimum atomic E-state index is -0.124. The molecule has 1 aromatic carbocycles. The lowest BCUT2D eigenvalue weighted by Crippen LogP contribution is -2.47. The maximum absolute atomic E-state index is 11.6. The van der Waals surface area contributed by atoms with Crippen LogP contribution in [0.5, 0.6) is 0 Å². The SMILES string of the molecule is N#CCC(=O)N[C@H]1CC[C@H](CCN2CCN(c3cccc4ncccc34)CC2)CC1. The molecule has 1 aliphatic carbocycles. The van der Waals surface area contributed by atoms with Crippen LogP contribution in [-0.2, 0) is 4.79 Å². The summed E-state index contributed by atoms with van der Waals surface area (Å²) in [7, 11) is 0. The highest BCUT2D eigenvalue weighted by Gasteiger charge is 2.24. The fourth-order valence-electron chi connectivity index (χ4n) is 4.89. The van der Waals surface area contributed by atoms with Crippen molar-refractivity contribution in [1.82, 2.24) is 15.2 Å². The standard InChI is InChI=1S/C24H31N5O/c25-12-10-24(30)27-20-8-6-19(7-9-20)11-14-28-15-17-29(18-16-28)23-5-1-4-22-21(23)3-2-13-26-22/h1-5,13,19-20H,6-11,14-18H2,(H,27,30)/t19-,20-. The Bertz CT molecular complexity index is 887. The summed E-state index contributed by atoms with van der Waals surface area (Å²) in [6.07, 6.45) is 7.53. The highest BCUT2D eigenvalue weighted by molar-refractivity contribution is 5.91. The molecule has 1 saturated carbocycles. The predicted molar refractivity (Wildman–Crippen MR) is 119 cm³/mol. The average molecular weight is 406 g/mol. The molecule has 2 aliphatic rings. The van der Waals surface area contributed by atoms with E-state index in [1.807, 2.05) is 18.3 Å². The maximum atomic E-state index is 11.6. The molecule has 1 aliphatic heterocycles. The molecule has 0 bridgehead atoms. The van der Waals surface area contributed by atoms with E-state index in [1.165, 1.54) is 36.9 Å². The van der Waals surface area contributed by atoms with Gasteiger partial charge in [-0.2, -0.15) is 5.26 Å². The number of hydrogen-bond acceptors (Lipinski definition) is 5. The van der Waals surface area contributed by atoms with E-state index in [1.54, 1.807) is 0 Å².